The van der Waals surface area contributed by atoms with Crippen molar-refractivity contribution in [3.8, 4) is 0 Å². The van der Waals surface area contributed by atoms with E-state index in [0.717, 1.165) is 4.90 Å². The summed E-state index contributed by atoms with van der Waals surface area (Å²) in [6, 6.07) is 10.7. The number of benzene rings is 1. The number of carbonyl (C=O) groups excluding carboxylic acids is 2. The molecule has 21 heavy (non-hydrogen) atoms. The highest BCUT2D eigenvalue weighted by Gasteiger charge is 2.13. The average molecular weight is 366 g/mol. The fraction of sp³-hybridized carbons (Fsp3) is 0.0714. The van der Waals surface area contributed by atoms with Crippen LogP contribution in [0, 0.1) is 0 Å². The standard InChI is InChI=1S/C14H12BrN3O2S/c15-9-4-3-7-17-13(9)14(20)18-10-5-1-2-6-11(10)21-8-12(16)19/h1-7H,8H2,(H2,16,19)(H,18,20). The highest BCUT2D eigenvalue weighted by Crippen LogP contribution is 2.27. The van der Waals surface area contributed by atoms with Gasteiger partial charge in [0.15, 0.2) is 0 Å². The van der Waals surface area contributed by atoms with E-state index in [0.29, 0.717) is 15.9 Å². The first kappa shape index (κ1) is 15.5. The van der Waals surface area contributed by atoms with Crippen molar-refractivity contribution in [2.24, 2.45) is 5.73 Å². The van der Waals surface area contributed by atoms with E-state index in [2.05, 4.69) is 26.2 Å². The van der Waals surface area contributed by atoms with Gasteiger partial charge in [-0.3, -0.25) is 9.59 Å². The number of halogens is 1. The van der Waals surface area contributed by atoms with E-state index in [1.54, 1.807) is 30.5 Å². The van der Waals surface area contributed by atoms with Crippen molar-refractivity contribution in [3.63, 3.8) is 0 Å². The zero-order valence-electron chi connectivity index (χ0n) is 10.9. The van der Waals surface area contributed by atoms with Crippen LogP contribution in [0.25, 0.3) is 0 Å². The lowest BCUT2D eigenvalue weighted by atomic mass is 10.3. The van der Waals surface area contributed by atoms with Crippen molar-refractivity contribution in [3.05, 3.63) is 52.8 Å². The molecule has 0 unspecified atom stereocenters. The first-order chi connectivity index (χ1) is 10.1. The maximum absolute atomic E-state index is 12.2. The minimum Gasteiger partial charge on any atom is -0.369 e. The summed E-state index contributed by atoms with van der Waals surface area (Å²) in [5, 5.41) is 2.79. The topological polar surface area (TPSA) is 85.1 Å². The van der Waals surface area contributed by atoms with Crippen LogP contribution in [0.3, 0.4) is 0 Å². The number of thioether (sulfide) groups is 1. The second-order valence-electron chi connectivity index (χ2n) is 4.04. The molecule has 0 aliphatic heterocycles. The molecule has 0 bridgehead atoms. The Bertz CT molecular complexity index is 679. The minimum atomic E-state index is -0.409. The van der Waals surface area contributed by atoms with Crippen molar-refractivity contribution in [1.29, 1.82) is 0 Å². The number of hydrogen-bond donors (Lipinski definition) is 2. The molecule has 0 radical (unpaired) electrons. The summed E-state index contributed by atoms with van der Waals surface area (Å²) < 4.78 is 0.616. The van der Waals surface area contributed by atoms with E-state index in [1.165, 1.54) is 11.8 Å². The first-order valence-corrected chi connectivity index (χ1v) is 7.78. The molecule has 1 aromatic carbocycles. The van der Waals surface area contributed by atoms with E-state index in [9.17, 15) is 9.59 Å². The average Bonchev–Trinajstić information content (AvgIpc) is 2.46. The molecule has 2 rings (SSSR count). The Morgan fingerprint density at radius 1 is 1.24 bits per heavy atom. The second kappa shape index (κ2) is 7.24. The number of nitrogens with zero attached hydrogens (tertiary/aromatic N) is 1. The highest BCUT2D eigenvalue weighted by molar-refractivity contribution is 9.10. The van der Waals surface area contributed by atoms with Gasteiger partial charge in [0.1, 0.15) is 5.69 Å². The summed E-state index contributed by atoms with van der Waals surface area (Å²) in [6.07, 6.45) is 1.55. The molecule has 5 nitrogen and oxygen atoms in total. The molecule has 0 spiro atoms. The molecule has 1 heterocycles. The minimum absolute atomic E-state index is 0.153. The molecule has 0 saturated heterocycles. The molecule has 1 aromatic heterocycles. The number of primary amides is 1. The molecule has 0 fully saturated rings. The van der Waals surface area contributed by atoms with Gasteiger partial charge in [-0.05, 0) is 40.2 Å². The van der Waals surface area contributed by atoms with Crippen LogP contribution in [-0.2, 0) is 4.79 Å². The summed E-state index contributed by atoms with van der Waals surface area (Å²) in [7, 11) is 0. The SMILES string of the molecule is NC(=O)CSc1ccccc1NC(=O)c1ncccc1Br. The molecular weight excluding hydrogens is 354 g/mol. The number of hydrogen-bond acceptors (Lipinski definition) is 4. The molecule has 2 aromatic rings. The Labute approximate surface area is 134 Å². The third-order valence-electron chi connectivity index (χ3n) is 2.48. The smallest absolute Gasteiger partial charge is 0.275 e. The molecule has 7 heteroatoms. The molecule has 3 N–H and O–H groups in total. The Morgan fingerprint density at radius 2 is 2.00 bits per heavy atom. The number of aromatic nitrogens is 1. The van der Waals surface area contributed by atoms with E-state index >= 15 is 0 Å². The Balaban J connectivity index is 2.18. The predicted octanol–water partition coefficient (Wildman–Crippen LogP) is 2.67. The van der Waals surface area contributed by atoms with Crippen molar-refractivity contribution in [2.45, 2.75) is 4.90 Å². The maximum Gasteiger partial charge on any atom is 0.275 e. The van der Waals surface area contributed by atoms with E-state index < -0.39 is 5.91 Å². The van der Waals surface area contributed by atoms with Crippen LogP contribution in [0.15, 0.2) is 52.0 Å². The number of nitrogens with one attached hydrogen (secondary N) is 1. The van der Waals surface area contributed by atoms with Gasteiger partial charge in [0, 0.05) is 15.6 Å². The summed E-state index contributed by atoms with van der Waals surface area (Å²) in [5.74, 6) is -0.580. The van der Waals surface area contributed by atoms with Crippen molar-refractivity contribution in [2.75, 3.05) is 11.1 Å². The van der Waals surface area contributed by atoms with Crippen molar-refractivity contribution in [1.82, 2.24) is 4.98 Å². The summed E-state index contributed by atoms with van der Waals surface area (Å²) >= 11 is 4.56. The first-order valence-electron chi connectivity index (χ1n) is 6.00. The zero-order chi connectivity index (χ0) is 15.2. The molecule has 0 atom stereocenters. The molecule has 2 amide bonds. The van der Waals surface area contributed by atoms with Crippen molar-refractivity contribution < 1.29 is 9.59 Å². The van der Waals surface area contributed by atoms with Gasteiger partial charge >= 0.3 is 0 Å². The molecule has 108 valence electrons. The quantitative estimate of drug-likeness (QED) is 0.797. The number of anilines is 1. The van der Waals surface area contributed by atoms with Crippen LogP contribution < -0.4 is 11.1 Å². The van der Waals surface area contributed by atoms with Crippen LogP contribution in [0.1, 0.15) is 10.5 Å². The van der Waals surface area contributed by atoms with Gasteiger partial charge in [-0.2, -0.15) is 0 Å². The second-order valence-corrected chi connectivity index (χ2v) is 5.91. The van der Waals surface area contributed by atoms with Gasteiger partial charge in [0.05, 0.1) is 11.4 Å². The van der Waals surface area contributed by atoms with Crippen LogP contribution in [0.2, 0.25) is 0 Å². The number of amides is 2. The van der Waals surface area contributed by atoms with Crippen LogP contribution in [0.5, 0.6) is 0 Å². The third kappa shape index (κ3) is 4.30. The molecule has 0 aliphatic rings. The van der Waals surface area contributed by atoms with Gasteiger partial charge < -0.3 is 11.1 Å². The fourth-order valence-electron chi connectivity index (χ4n) is 1.58. The zero-order valence-corrected chi connectivity index (χ0v) is 13.3. The molecule has 0 aliphatic carbocycles. The van der Waals surface area contributed by atoms with Gasteiger partial charge in [-0.15, -0.1) is 11.8 Å². The number of pyridine rings is 1. The van der Waals surface area contributed by atoms with Crippen LogP contribution >= 0.6 is 27.7 Å². The van der Waals surface area contributed by atoms with Gasteiger partial charge in [0.25, 0.3) is 5.91 Å². The monoisotopic (exact) mass is 365 g/mol. The van der Waals surface area contributed by atoms with Crippen LogP contribution in [0.4, 0.5) is 5.69 Å². The van der Waals surface area contributed by atoms with E-state index in [1.807, 2.05) is 12.1 Å². The summed E-state index contributed by atoms with van der Waals surface area (Å²) in [6.45, 7) is 0. The van der Waals surface area contributed by atoms with Gasteiger partial charge in [-0.25, -0.2) is 4.98 Å². The number of para-hydroxylation sites is 1. The number of carbonyl (C=O) groups is 2. The Kier molecular flexibility index (Phi) is 5.35. The van der Waals surface area contributed by atoms with Gasteiger partial charge in [-0.1, -0.05) is 12.1 Å². The third-order valence-corrected chi connectivity index (χ3v) is 4.21. The van der Waals surface area contributed by atoms with Gasteiger partial charge in [0.2, 0.25) is 5.91 Å². The number of rotatable bonds is 5. The Morgan fingerprint density at radius 3 is 2.71 bits per heavy atom. The van der Waals surface area contributed by atoms with E-state index in [-0.39, 0.29) is 11.7 Å². The maximum atomic E-state index is 12.2. The fourth-order valence-corrected chi connectivity index (χ4v) is 2.76. The molecule has 0 saturated carbocycles. The van der Waals surface area contributed by atoms with Crippen LogP contribution in [-0.4, -0.2) is 22.6 Å². The lowest BCUT2D eigenvalue weighted by molar-refractivity contribution is -0.115. The highest BCUT2D eigenvalue weighted by atomic mass is 79.9. The summed E-state index contributed by atoms with van der Waals surface area (Å²) in [4.78, 5) is 27.9. The van der Waals surface area contributed by atoms with Crippen molar-refractivity contribution >= 4 is 45.2 Å². The van der Waals surface area contributed by atoms with E-state index in [4.69, 9.17) is 5.73 Å². The summed E-state index contributed by atoms with van der Waals surface area (Å²) in [5.41, 5.74) is 6.05. The largest absolute Gasteiger partial charge is 0.369 e. The lowest BCUT2D eigenvalue weighted by Gasteiger charge is -2.10. The normalized spacial score (nSPS) is 10.1. The number of nitrogens with two attached hydrogens (primary N) is 1. The Hall–Kier alpha value is -1.86. The lowest BCUT2D eigenvalue weighted by Crippen LogP contribution is -2.16. The molecular formula is C14H12BrN3O2S. The predicted molar refractivity (Wildman–Crippen MR) is 86.3 cm³/mol.